The number of likely N-dealkylation sites (tertiary alicyclic amines) is 1. The van der Waals surface area contributed by atoms with E-state index < -0.39 is 11.6 Å². The number of hydrogen-bond donors (Lipinski definition) is 2. The number of halogens is 1. The van der Waals surface area contributed by atoms with E-state index in [0.717, 1.165) is 0 Å². The number of amides is 3. The van der Waals surface area contributed by atoms with Crippen molar-refractivity contribution >= 4 is 23.6 Å². The minimum Gasteiger partial charge on any atom is -0.444 e. The molecular formula is C21H28FN3O4. The van der Waals surface area contributed by atoms with Crippen molar-refractivity contribution in [1.29, 1.82) is 0 Å². The van der Waals surface area contributed by atoms with Crippen LogP contribution in [0.3, 0.4) is 0 Å². The van der Waals surface area contributed by atoms with Gasteiger partial charge in [-0.05, 0) is 69.7 Å². The van der Waals surface area contributed by atoms with Crippen LogP contribution in [0.25, 0.3) is 0 Å². The highest BCUT2D eigenvalue weighted by molar-refractivity contribution is 6.01. The highest BCUT2D eigenvalue weighted by Gasteiger charge is 2.30. The van der Waals surface area contributed by atoms with Crippen LogP contribution in [0.1, 0.15) is 57.9 Å². The summed E-state index contributed by atoms with van der Waals surface area (Å²) in [6.07, 6.45) is 1.62. The predicted octanol–water partition coefficient (Wildman–Crippen LogP) is 3.16. The number of rotatable bonds is 3. The summed E-state index contributed by atoms with van der Waals surface area (Å²) in [7, 11) is 0. The average molecular weight is 405 g/mol. The molecule has 2 heterocycles. The number of carbonyl (C=O) groups is 3. The Morgan fingerprint density at radius 3 is 2.52 bits per heavy atom. The Kier molecular flexibility index (Phi) is 6.10. The van der Waals surface area contributed by atoms with Crippen LogP contribution in [-0.2, 0) is 14.3 Å². The summed E-state index contributed by atoms with van der Waals surface area (Å²) in [5.74, 6) is -0.950. The third-order valence-corrected chi connectivity index (χ3v) is 5.16. The third kappa shape index (κ3) is 5.46. The molecule has 8 heteroatoms. The fraction of sp³-hybridized carbons (Fsp3) is 0.571. The third-order valence-electron chi connectivity index (χ3n) is 5.16. The number of hydrogen-bond acceptors (Lipinski definition) is 5. The first-order chi connectivity index (χ1) is 13.6. The normalized spacial score (nSPS) is 21.0. The second-order valence-electron chi connectivity index (χ2n) is 8.63. The van der Waals surface area contributed by atoms with Crippen LogP contribution in [0, 0.1) is 5.82 Å². The van der Waals surface area contributed by atoms with Gasteiger partial charge in [0.15, 0.2) is 0 Å². The number of nitrogens with zero attached hydrogens (tertiary/aromatic N) is 1. The lowest BCUT2D eigenvalue weighted by Crippen LogP contribution is -2.47. The number of anilines is 1. The molecule has 2 aliphatic rings. The van der Waals surface area contributed by atoms with Crippen molar-refractivity contribution < 1.29 is 23.5 Å². The lowest BCUT2D eigenvalue weighted by atomic mass is 9.89. The minimum absolute atomic E-state index is 0.0165. The van der Waals surface area contributed by atoms with E-state index in [1.165, 1.54) is 6.07 Å². The first-order valence-corrected chi connectivity index (χ1v) is 10.00. The standard InChI is InChI=1S/C21H28FN3O4/c1-21(2,3)29-20(28)25-10-8-13(9-11-25)15-12-14(4-5-16(15)22)23-17-6-7-18(26)24-19(17)27/h4-5,12-13,17,23H,6-11H2,1-3H3,(H,24,26,27). The first-order valence-electron chi connectivity index (χ1n) is 10.00. The summed E-state index contributed by atoms with van der Waals surface area (Å²) in [5.41, 5.74) is 0.674. The van der Waals surface area contributed by atoms with Crippen LogP contribution >= 0.6 is 0 Å². The van der Waals surface area contributed by atoms with Crippen molar-refractivity contribution in [2.24, 2.45) is 0 Å². The molecule has 158 valence electrons. The second-order valence-corrected chi connectivity index (χ2v) is 8.63. The molecule has 3 amide bonds. The van der Waals surface area contributed by atoms with E-state index in [0.29, 0.717) is 43.6 Å². The van der Waals surface area contributed by atoms with E-state index in [4.69, 9.17) is 4.74 Å². The lowest BCUT2D eigenvalue weighted by molar-refractivity contribution is -0.133. The molecule has 29 heavy (non-hydrogen) atoms. The molecule has 2 N–H and O–H groups in total. The molecule has 0 aromatic heterocycles. The average Bonchev–Trinajstić information content (AvgIpc) is 2.64. The van der Waals surface area contributed by atoms with Crippen molar-refractivity contribution in [3.05, 3.63) is 29.6 Å². The molecule has 2 fully saturated rings. The van der Waals surface area contributed by atoms with Gasteiger partial charge in [-0.3, -0.25) is 14.9 Å². The monoisotopic (exact) mass is 405 g/mol. The van der Waals surface area contributed by atoms with Gasteiger partial charge in [-0.1, -0.05) is 0 Å². The van der Waals surface area contributed by atoms with Gasteiger partial charge in [-0.15, -0.1) is 0 Å². The van der Waals surface area contributed by atoms with Gasteiger partial charge in [-0.25, -0.2) is 9.18 Å². The summed E-state index contributed by atoms with van der Waals surface area (Å²) in [6, 6.07) is 4.20. The van der Waals surface area contributed by atoms with Crippen LogP contribution in [0.5, 0.6) is 0 Å². The summed E-state index contributed by atoms with van der Waals surface area (Å²) >= 11 is 0. The van der Waals surface area contributed by atoms with Gasteiger partial charge >= 0.3 is 6.09 Å². The van der Waals surface area contributed by atoms with Crippen LogP contribution in [0.4, 0.5) is 14.9 Å². The topological polar surface area (TPSA) is 87.7 Å². The molecule has 0 spiro atoms. The van der Waals surface area contributed by atoms with E-state index in [1.54, 1.807) is 17.0 Å². The molecule has 2 aliphatic heterocycles. The van der Waals surface area contributed by atoms with Gasteiger partial charge in [0.2, 0.25) is 11.8 Å². The predicted molar refractivity (Wildman–Crippen MR) is 106 cm³/mol. The molecule has 0 radical (unpaired) electrons. The maximum Gasteiger partial charge on any atom is 0.410 e. The van der Waals surface area contributed by atoms with Gasteiger partial charge in [0, 0.05) is 25.2 Å². The zero-order valence-corrected chi connectivity index (χ0v) is 17.1. The number of ether oxygens (including phenoxy) is 1. The zero-order chi connectivity index (χ0) is 21.2. The highest BCUT2D eigenvalue weighted by Crippen LogP contribution is 2.32. The Balaban J connectivity index is 1.63. The molecule has 7 nitrogen and oxygen atoms in total. The Labute approximate surface area is 170 Å². The van der Waals surface area contributed by atoms with Crippen molar-refractivity contribution in [2.75, 3.05) is 18.4 Å². The van der Waals surface area contributed by atoms with Gasteiger partial charge in [0.05, 0.1) is 0 Å². The molecule has 0 aliphatic carbocycles. The second kappa shape index (κ2) is 8.39. The molecule has 1 atom stereocenters. The molecule has 3 rings (SSSR count). The van der Waals surface area contributed by atoms with E-state index in [9.17, 15) is 18.8 Å². The highest BCUT2D eigenvalue weighted by atomic mass is 19.1. The molecular weight excluding hydrogens is 377 g/mol. The molecule has 2 saturated heterocycles. The lowest BCUT2D eigenvalue weighted by Gasteiger charge is -2.34. The van der Waals surface area contributed by atoms with Gasteiger partial charge in [0.25, 0.3) is 0 Å². The molecule has 1 unspecified atom stereocenters. The van der Waals surface area contributed by atoms with Crippen molar-refractivity contribution in [2.45, 2.75) is 64.0 Å². The number of benzene rings is 1. The number of nitrogens with one attached hydrogen (secondary N) is 2. The van der Waals surface area contributed by atoms with Crippen LogP contribution in [0.2, 0.25) is 0 Å². The minimum atomic E-state index is -0.546. The Bertz CT molecular complexity index is 798. The molecule has 1 aromatic rings. The fourth-order valence-electron chi connectivity index (χ4n) is 3.68. The number of carbonyl (C=O) groups excluding carboxylic acids is 3. The van der Waals surface area contributed by atoms with E-state index in [2.05, 4.69) is 10.6 Å². The Hall–Kier alpha value is -2.64. The van der Waals surface area contributed by atoms with Crippen molar-refractivity contribution in [3.63, 3.8) is 0 Å². The number of imide groups is 1. The van der Waals surface area contributed by atoms with E-state index in [-0.39, 0.29) is 36.1 Å². The van der Waals surface area contributed by atoms with E-state index >= 15 is 0 Å². The summed E-state index contributed by atoms with van der Waals surface area (Å²) < 4.78 is 19.9. The first kappa shape index (κ1) is 21.1. The summed E-state index contributed by atoms with van der Waals surface area (Å²) in [6.45, 7) is 6.49. The van der Waals surface area contributed by atoms with Crippen LogP contribution in [0.15, 0.2) is 18.2 Å². The van der Waals surface area contributed by atoms with Crippen molar-refractivity contribution in [1.82, 2.24) is 10.2 Å². The van der Waals surface area contributed by atoms with Crippen LogP contribution in [-0.4, -0.2) is 47.5 Å². The Morgan fingerprint density at radius 1 is 1.21 bits per heavy atom. The maximum absolute atomic E-state index is 14.5. The summed E-state index contributed by atoms with van der Waals surface area (Å²) in [5, 5.41) is 5.40. The smallest absolute Gasteiger partial charge is 0.410 e. The number of piperidine rings is 2. The molecule has 0 saturated carbocycles. The Morgan fingerprint density at radius 2 is 1.90 bits per heavy atom. The van der Waals surface area contributed by atoms with E-state index in [1.807, 2.05) is 20.8 Å². The fourth-order valence-corrected chi connectivity index (χ4v) is 3.68. The van der Waals surface area contributed by atoms with Gasteiger partial charge in [-0.2, -0.15) is 0 Å². The zero-order valence-electron chi connectivity index (χ0n) is 17.1. The molecule has 0 bridgehead atoms. The molecule has 1 aromatic carbocycles. The maximum atomic E-state index is 14.5. The van der Waals surface area contributed by atoms with Gasteiger partial charge < -0.3 is 15.0 Å². The van der Waals surface area contributed by atoms with Crippen molar-refractivity contribution in [3.8, 4) is 0 Å². The quantitative estimate of drug-likeness (QED) is 0.755. The summed E-state index contributed by atoms with van der Waals surface area (Å²) in [4.78, 5) is 37.1. The largest absolute Gasteiger partial charge is 0.444 e. The van der Waals surface area contributed by atoms with Crippen LogP contribution < -0.4 is 10.6 Å². The SMILES string of the molecule is CC(C)(C)OC(=O)N1CCC(c2cc(NC3CCC(=O)NC3=O)ccc2F)CC1. The van der Waals surface area contributed by atoms with Gasteiger partial charge in [0.1, 0.15) is 17.5 Å².